The first kappa shape index (κ1) is 24.6. The summed E-state index contributed by atoms with van der Waals surface area (Å²) in [5, 5.41) is 9.87. The summed E-state index contributed by atoms with van der Waals surface area (Å²) in [5.41, 5.74) is 7.18. The molecule has 9 nitrogen and oxygen atoms in total. The van der Waals surface area contributed by atoms with E-state index >= 15 is 0 Å². The van der Waals surface area contributed by atoms with Gasteiger partial charge in [-0.15, -0.1) is 10.2 Å². The maximum Gasteiger partial charge on any atom is 0.268 e. The summed E-state index contributed by atoms with van der Waals surface area (Å²) in [4.78, 5) is 11.7. The minimum Gasteiger partial charge on any atom is -0.494 e. The minimum absolute atomic E-state index is 0.0132. The van der Waals surface area contributed by atoms with E-state index in [1.807, 2.05) is 43.3 Å². The lowest BCUT2D eigenvalue weighted by molar-refractivity contribution is -0.115. The average Bonchev–Trinajstić information content (AvgIpc) is 3.50. The minimum atomic E-state index is -3.88. The van der Waals surface area contributed by atoms with E-state index < -0.39 is 15.9 Å². The first-order valence-electron chi connectivity index (χ1n) is 11.4. The molecule has 11 heteroatoms. The second-order valence-electron chi connectivity index (χ2n) is 8.00. The average molecular weight is 534 g/mol. The van der Waals surface area contributed by atoms with Gasteiger partial charge in [-0.3, -0.25) is 9.36 Å². The first-order chi connectivity index (χ1) is 17.9. The molecule has 2 heterocycles. The number of para-hydroxylation sites is 1. The van der Waals surface area contributed by atoms with Crippen LogP contribution in [0.1, 0.15) is 6.92 Å². The number of nitrogens with zero attached hydrogens (tertiary/aromatic N) is 4. The van der Waals surface area contributed by atoms with Gasteiger partial charge in [-0.1, -0.05) is 48.2 Å². The third-order valence-corrected chi connectivity index (χ3v) is 8.24. The molecule has 0 fully saturated rings. The van der Waals surface area contributed by atoms with Crippen LogP contribution in [0.25, 0.3) is 28.0 Å². The number of primary amides is 1. The van der Waals surface area contributed by atoms with E-state index in [9.17, 15) is 13.2 Å². The molecule has 0 saturated carbocycles. The Balaban J connectivity index is 1.71. The Hall–Kier alpha value is -4.09. The number of carbonyl (C=O) groups excluding carboxylic acids is 1. The molecule has 188 valence electrons. The number of fused-ring (bicyclic) bond motifs is 1. The number of thioether (sulfide) groups is 1. The summed E-state index contributed by atoms with van der Waals surface area (Å²) in [6, 6.07) is 22.8. The molecule has 0 saturated heterocycles. The number of benzene rings is 3. The van der Waals surface area contributed by atoms with Gasteiger partial charge < -0.3 is 10.5 Å². The van der Waals surface area contributed by atoms with E-state index in [4.69, 9.17) is 10.5 Å². The van der Waals surface area contributed by atoms with Crippen LogP contribution in [-0.4, -0.2) is 45.4 Å². The highest BCUT2D eigenvalue weighted by Gasteiger charge is 2.25. The SMILES string of the molecule is CCOc1ccc(-n2c(SCC(N)=O)nnc2-c2cn(S(=O)(=O)c3ccccc3)c3ccccc23)cc1. The second-order valence-corrected chi connectivity index (χ2v) is 10.8. The van der Waals surface area contributed by atoms with Crippen molar-refractivity contribution in [1.29, 1.82) is 0 Å². The van der Waals surface area contributed by atoms with Gasteiger partial charge in [0.2, 0.25) is 5.91 Å². The maximum absolute atomic E-state index is 13.6. The van der Waals surface area contributed by atoms with Crippen LogP contribution in [0.15, 0.2) is 95.1 Å². The van der Waals surface area contributed by atoms with E-state index in [1.54, 1.807) is 53.2 Å². The van der Waals surface area contributed by atoms with Gasteiger partial charge >= 0.3 is 0 Å². The predicted molar refractivity (Wildman–Crippen MR) is 142 cm³/mol. The number of amides is 1. The molecule has 0 radical (unpaired) electrons. The molecule has 2 N–H and O–H groups in total. The zero-order valence-electron chi connectivity index (χ0n) is 19.8. The molecule has 0 spiro atoms. The molecule has 0 unspecified atom stereocenters. The van der Waals surface area contributed by atoms with Crippen LogP contribution in [-0.2, 0) is 14.8 Å². The Morgan fingerprint density at radius 2 is 1.68 bits per heavy atom. The van der Waals surface area contributed by atoms with Gasteiger partial charge in [-0.05, 0) is 49.4 Å². The molecule has 0 aliphatic heterocycles. The molecule has 0 atom stereocenters. The van der Waals surface area contributed by atoms with Crippen LogP contribution < -0.4 is 10.5 Å². The lowest BCUT2D eigenvalue weighted by Gasteiger charge is -2.11. The summed E-state index contributed by atoms with van der Waals surface area (Å²) in [6.45, 7) is 2.44. The van der Waals surface area contributed by atoms with E-state index in [-0.39, 0.29) is 10.6 Å². The van der Waals surface area contributed by atoms with Crippen molar-refractivity contribution in [2.24, 2.45) is 5.73 Å². The van der Waals surface area contributed by atoms with Crippen molar-refractivity contribution in [1.82, 2.24) is 18.7 Å². The third-order valence-electron chi connectivity index (χ3n) is 5.60. The summed E-state index contributed by atoms with van der Waals surface area (Å²) in [7, 11) is -3.88. The van der Waals surface area contributed by atoms with Gasteiger partial charge in [0.25, 0.3) is 10.0 Å². The number of aromatic nitrogens is 4. The molecular formula is C26H23N5O4S2. The van der Waals surface area contributed by atoms with Crippen LogP contribution in [0.4, 0.5) is 0 Å². The third kappa shape index (κ3) is 4.70. The van der Waals surface area contributed by atoms with Gasteiger partial charge in [0.15, 0.2) is 11.0 Å². The van der Waals surface area contributed by atoms with Crippen LogP contribution in [0, 0.1) is 0 Å². The summed E-state index contributed by atoms with van der Waals surface area (Å²) in [6.07, 6.45) is 1.56. The highest BCUT2D eigenvalue weighted by molar-refractivity contribution is 7.99. The zero-order valence-corrected chi connectivity index (χ0v) is 21.4. The largest absolute Gasteiger partial charge is 0.494 e. The molecule has 1 amide bonds. The molecule has 0 bridgehead atoms. The standard InChI is InChI=1S/C26H23N5O4S2/c1-2-35-19-14-12-18(13-15-19)31-25(28-29-26(31)36-17-24(27)32)22-16-30(23-11-7-6-10-21(22)23)37(33,34)20-8-4-3-5-9-20/h3-16H,2,17H2,1H3,(H2,27,32). The normalized spacial score (nSPS) is 11.6. The van der Waals surface area contributed by atoms with Gasteiger partial charge in [0, 0.05) is 22.8 Å². The fraction of sp³-hybridized carbons (Fsp3) is 0.115. The molecule has 5 aromatic rings. The second kappa shape index (κ2) is 10.1. The smallest absolute Gasteiger partial charge is 0.268 e. The van der Waals surface area contributed by atoms with E-state index in [0.717, 1.165) is 17.4 Å². The van der Waals surface area contributed by atoms with Crippen LogP contribution in [0.3, 0.4) is 0 Å². The van der Waals surface area contributed by atoms with Gasteiger partial charge in [0.05, 0.1) is 22.8 Å². The van der Waals surface area contributed by atoms with Gasteiger partial charge in [-0.2, -0.15) is 0 Å². The van der Waals surface area contributed by atoms with Gasteiger partial charge in [-0.25, -0.2) is 12.4 Å². The van der Waals surface area contributed by atoms with Crippen molar-refractivity contribution in [3.05, 3.63) is 85.1 Å². The topological polar surface area (TPSA) is 122 Å². The number of rotatable bonds is 9. The number of hydrogen-bond acceptors (Lipinski definition) is 7. The van der Waals surface area contributed by atoms with Crippen molar-refractivity contribution >= 4 is 38.6 Å². The Bertz CT molecular complexity index is 1680. The molecule has 5 rings (SSSR count). The molecule has 2 aromatic heterocycles. The summed E-state index contributed by atoms with van der Waals surface area (Å²) < 4.78 is 35.8. The van der Waals surface area contributed by atoms with Crippen molar-refractivity contribution < 1.29 is 17.9 Å². The fourth-order valence-electron chi connectivity index (χ4n) is 4.00. The Morgan fingerprint density at radius 1 is 0.973 bits per heavy atom. The number of nitrogens with two attached hydrogens (primary N) is 1. The lowest BCUT2D eigenvalue weighted by Crippen LogP contribution is -2.13. The maximum atomic E-state index is 13.6. The first-order valence-corrected chi connectivity index (χ1v) is 13.8. The Kier molecular flexibility index (Phi) is 6.72. The van der Waals surface area contributed by atoms with Gasteiger partial charge in [0.1, 0.15) is 5.75 Å². The fourth-order valence-corrected chi connectivity index (χ4v) is 6.08. The van der Waals surface area contributed by atoms with E-state index in [2.05, 4.69) is 10.2 Å². The van der Waals surface area contributed by atoms with E-state index in [0.29, 0.717) is 39.8 Å². The van der Waals surface area contributed by atoms with Crippen LogP contribution in [0.2, 0.25) is 0 Å². The predicted octanol–water partition coefficient (Wildman–Crippen LogP) is 4.10. The van der Waals surface area contributed by atoms with Crippen molar-refractivity contribution in [3.63, 3.8) is 0 Å². The lowest BCUT2D eigenvalue weighted by atomic mass is 10.1. The number of carbonyl (C=O) groups is 1. The van der Waals surface area contributed by atoms with Crippen LogP contribution >= 0.6 is 11.8 Å². The molecular weight excluding hydrogens is 510 g/mol. The van der Waals surface area contributed by atoms with Crippen molar-refractivity contribution in [3.8, 4) is 22.8 Å². The number of ether oxygens (including phenoxy) is 1. The van der Waals surface area contributed by atoms with Crippen LogP contribution in [0.5, 0.6) is 5.75 Å². The summed E-state index contributed by atoms with van der Waals surface area (Å²) in [5.74, 6) is 0.657. The Labute approximate surface area is 217 Å². The quantitative estimate of drug-likeness (QED) is 0.283. The Morgan fingerprint density at radius 3 is 2.38 bits per heavy atom. The summed E-state index contributed by atoms with van der Waals surface area (Å²) >= 11 is 1.15. The molecule has 3 aromatic carbocycles. The van der Waals surface area contributed by atoms with Crippen molar-refractivity contribution in [2.75, 3.05) is 12.4 Å². The van der Waals surface area contributed by atoms with Crippen molar-refractivity contribution in [2.45, 2.75) is 17.0 Å². The number of hydrogen-bond donors (Lipinski definition) is 1. The van der Waals surface area contributed by atoms with E-state index in [1.165, 1.54) is 3.97 Å². The highest BCUT2D eigenvalue weighted by Crippen LogP contribution is 2.35. The monoisotopic (exact) mass is 533 g/mol. The zero-order chi connectivity index (χ0) is 26.0. The molecule has 0 aliphatic carbocycles. The molecule has 37 heavy (non-hydrogen) atoms. The highest BCUT2D eigenvalue weighted by atomic mass is 32.2. The molecule has 0 aliphatic rings.